The van der Waals surface area contributed by atoms with Gasteiger partial charge in [0.1, 0.15) is 6.04 Å². The minimum absolute atomic E-state index is 0.0999. The largest absolute Gasteiger partial charge is 0.480 e. The summed E-state index contributed by atoms with van der Waals surface area (Å²) in [5, 5.41) is 8.71. The molecule has 0 aromatic rings. The Bertz CT molecular complexity index is 294. The van der Waals surface area contributed by atoms with Crippen LogP contribution in [0, 0.1) is 5.41 Å². The van der Waals surface area contributed by atoms with Crippen molar-refractivity contribution in [2.24, 2.45) is 11.1 Å². The number of carboxylic acid groups (broad SMARTS) is 1. The van der Waals surface area contributed by atoms with Gasteiger partial charge >= 0.3 is 5.97 Å². The van der Waals surface area contributed by atoms with Gasteiger partial charge in [0, 0.05) is 0 Å². The molecule has 2 atom stereocenters. The second-order valence-electron chi connectivity index (χ2n) is 4.29. The van der Waals surface area contributed by atoms with Crippen molar-refractivity contribution in [3.63, 3.8) is 0 Å². The molecule has 1 unspecified atom stereocenters. The minimum atomic E-state index is -0.925. The summed E-state index contributed by atoms with van der Waals surface area (Å²) in [7, 11) is 0. The molecule has 0 heterocycles. The average Bonchev–Trinajstić information content (AvgIpc) is 2.10. The maximum atomic E-state index is 10.6. The molecule has 3 heteroatoms. The Morgan fingerprint density at radius 1 is 1.79 bits per heavy atom. The van der Waals surface area contributed by atoms with E-state index in [-0.39, 0.29) is 5.41 Å². The van der Waals surface area contributed by atoms with Crippen molar-refractivity contribution < 1.29 is 9.90 Å². The smallest absolute Gasteiger partial charge is 0.320 e. The second-order valence-corrected chi connectivity index (χ2v) is 4.29. The molecule has 0 saturated heterocycles. The van der Waals surface area contributed by atoms with Crippen LogP contribution < -0.4 is 5.73 Å². The molecular formula is C11H17NO2. The first kappa shape index (κ1) is 11.0. The van der Waals surface area contributed by atoms with Crippen LogP contribution in [0.4, 0.5) is 0 Å². The maximum absolute atomic E-state index is 10.6. The van der Waals surface area contributed by atoms with Gasteiger partial charge in [-0.25, -0.2) is 0 Å². The van der Waals surface area contributed by atoms with Crippen LogP contribution >= 0.6 is 0 Å². The van der Waals surface area contributed by atoms with Crippen molar-refractivity contribution in [2.45, 2.75) is 32.7 Å². The van der Waals surface area contributed by atoms with E-state index in [9.17, 15) is 4.79 Å². The molecule has 3 nitrogen and oxygen atoms in total. The normalized spacial score (nSPS) is 28.4. The molecule has 0 saturated carbocycles. The number of aliphatic carboxylic acids is 1. The molecule has 0 radical (unpaired) electrons. The van der Waals surface area contributed by atoms with Gasteiger partial charge in [0.25, 0.3) is 0 Å². The quantitative estimate of drug-likeness (QED) is 0.720. The van der Waals surface area contributed by atoms with E-state index >= 15 is 0 Å². The standard InChI is InChI=1S/C11H17NO2/c1-8-3-5-11(2,6-4-8)7-9(12)10(13)14/h3-5,9H,6-7,12H2,1-2H3,(H,13,14)/t9-,11?/m0/s1. The van der Waals surface area contributed by atoms with Crippen LogP contribution in [-0.4, -0.2) is 17.1 Å². The van der Waals surface area contributed by atoms with Gasteiger partial charge < -0.3 is 10.8 Å². The fourth-order valence-electron chi connectivity index (χ4n) is 1.60. The van der Waals surface area contributed by atoms with E-state index in [0.717, 1.165) is 6.42 Å². The lowest BCUT2D eigenvalue weighted by atomic mass is 9.77. The lowest BCUT2D eigenvalue weighted by Gasteiger charge is -2.29. The predicted octanol–water partition coefficient (Wildman–Crippen LogP) is 1.70. The summed E-state index contributed by atoms with van der Waals surface area (Å²) >= 11 is 0. The molecule has 0 aliphatic heterocycles. The molecule has 0 bridgehead atoms. The van der Waals surface area contributed by atoms with Crippen LogP contribution in [0.5, 0.6) is 0 Å². The van der Waals surface area contributed by atoms with Crippen molar-refractivity contribution >= 4 is 5.97 Å². The third-order valence-corrected chi connectivity index (χ3v) is 2.64. The van der Waals surface area contributed by atoms with Gasteiger partial charge in [-0.3, -0.25) is 4.79 Å². The van der Waals surface area contributed by atoms with Gasteiger partial charge in [-0.2, -0.15) is 0 Å². The molecule has 1 aliphatic carbocycles. The summed E-state index contributed by atoms with van der Waals surface area (Å²) in [5.74, 6) is -0.925. The predicted molar refractivity (Wildman–Crippen MR) is 55.8 cm³/mol. The van der Waals surface area contributed by atoms with Gasteiger partial charge in [-0.1, -0.05) is 30.7 Å². The SMILES string of the molecule is CC1=CCC(C)(C[C@H](N)C(=O)O)C=C1. The fraction of sp³-hybridized carbons (Fsp3) is 0.545. The number of rotatable bonds is 3. The molecule has 0 aromatic heterocycles. The zero-order valence-corrected chi connectivity index (χ0v) is 8.66. The van der Waals surface area contributed by atoms with E-state index < -0.39 is 12.0 Å². The zero-order valence-electron chi connectivity index (χ0n) is 8.66. The Labute approximate surface area is 84.3 Å². The van der Waals surface area contributed by atoms with Crippen LogP contribution in [-0.2, 0) is 4.79 Å². The molecular weight excluding hydrogens is 178 g/mol. The molecule has 0 fully saturated rings. The van der Waals surface area contributed by atoms with Crippen molar-refractivity contribution in [1.29, 1.82) is 0 Å². The number of hydrogen-bond acceptors (Lipinski definition) is 2. The molecule has 0 amide bonds. The summed E-state index contributed by atoms with van der Waals surface area (Å²) in [6.07, 6.45) is 7.57. The first-order valence-electron chi connectivity index (χ1n) is 4.77. The Kier molecular flexibility index (Phi) is 3.11. The molecule has 14 heavy (non-hydrogen) atoms. The monoisotopic (exact) mass is 195 g/mol. The minimum Gasteiger partial charge on any atom is -0.480 e. The molecule has 0 aromatic carbocycles. The third kappa shape index (κ3) is 2.70. The number of nitrogens with two attached hydrogens (primary N) is 1. The number of hydrogen-bond donors (Lipinski definition) is 2. The van der Waals surface area contributed by atoms with E-state index in [1.54, 1.807) is 0 Å². The van der Waals surface area contributed by atoms with Crippen LogP contribution in [0.1, 0.15) is 26.7 Å². The Hall–Kier alpha value is -1.09. The second kappa shape index (κ2) is 3.96. The van der Waals surface area contributed by atoms with E-state index in [0.29, 0.717) is 6.42 Å². The average molecular weight is 195 g/mol. The summed E-state index contributed by atoms with van der Waals surface area (Å²) in [5.41, 5.74) is 6.64. The highest BCUT2D eigenvalue weighted by Crippen LogP contribution is 2.33. The Morgan fingerprint density at radius 2 is 2.43 bits per heavy atom. The molecule has 78 valence electrons. The Morgan fingerprint density at radius 3 is 2.86 bits per heavy atom. The van der Waals surface area contributed by atoms with Gasteiger partial charge in [0.05, 0.1) is 0 Å². The van der Waals surface area contributed by atoms with E-state index in [1.165, 1.54) is 5.57 Å². The summed E-state index contributed by atoms with van der Waals surface area (Å²) < 4.78 is 0. The van der Waals surface area contributed by atoms with Gasteiger partial charge in [-0.15, -0.1) is 0 Å². The van der Waals surface area contributed by atoms with Gasteiger partial charge in [-0.05, 0) is 25.2 Å². The maximum Gasteiger partial charge on any atom is 0.320 e. The van der Waals surface area contributed by atoms with Crippen molar-refractivity contribution in [3.8, 4) is 0 Å². The lowest BCUT2D eigenvalue weighted by Crippen LogP contribution is -2.35. The third-order valence-electron chi connectivity index (χ3n) is 2.64. The van der Waals surface area contributed by atoms with E-state index in [2.05, 4.69) is 12.2 Å². The van der Waals surface area contributed by atoms with Crippen LogP contribution in [0.2, 0.25) is 0 Å². The van der Waals surface area contributed by atoms with Crippen molar-refractivity contribution in [2.75, 3.05) is 0 Å². The van der Waals surface area contributed by atoms with E-state index in [4.69, 9.17) is 10.8 Å². The first-order valence-corrected chi connectivity index (χ1v) is 4.77. The summed E-state index contributed by atoms with van der Waals surface area (Å²) in [4.78, 5) is 10.6. The number of allylic oxidation sites excluding steroid dienone is 4. The molecule has 3 N–H and O–H groups in total. The van der Waals surface area contributed by atoms with Gasteiger partial charge in [0.2, 0.25) is 0 Å². The highest BCUT2D eigenvalue weighted by Gasteiger charge is 2.27. The lowest BCUT2D eigenvalue weighted by molar-refractivity contribution is -0.139. The van der Waals surface area contributed by atoms with E-state index in [1.807, 2.05) is 19.9 Å². The van der Waals surface area contributed by atoms with Crippen molar-refractivity contribution in [3.05, 3.63) is 23.8 Å². The van der Waals surface area contributed by atoms with Crippen LogP contribution in [0.25, 0.3) is 0 Å². The van der Waals surface area contributed by atoms with Crippen LogP contribution in [0.15, 0.2) is 23.8 Å². The highest BCUT2D eigenvalue weighted by atomic mass is 16.4. The molecule has 1 rings (SSSR count). The summed E-state index contributed by atoms with van der Waals surface area (Å²) in [6.45, 7) is 4.07. The van der Waals surface area contributed by atoms with Crippen molar-refractivity contribution in [1.82, 2.24) is 0 Å². The molecule has 1 aliphatic rings. The molecule has 0 spiro atoms. The highest BCUT2D eigenvalue weighted by molar-refractivity contribution is 5.73. The van der Waals surface area contributed by atoms with Gasteiger partial charge in [0.15, 0.2) is 0 Å². The number of carbonyl (C=O) groups is 1. The first-order chi connectivity index (χ1) is 6.43. The fourth-order valence-corrected chi connectivity index (χ4v) is 1.60. The Balaban J connectivity index is 2.61. The zero-order chi connectivity index (χ0) is 10.8. The van der Waals surface area contributed by atoms with Crippen LogP contribution in [0.3, 0.4) is 0 Å². The summed E-state index contributed by atoms with van der Waals surface area (Å²) in [6, 6.07) is -0.767. The number of carboxylic acids is 1. The topological polar surface area (TPSA) is 63.3 Å².